The van der Waals surface area contributed by atoms with Crippen LogP contribution >= 0.6 is 23.2 Å². The highest BCUT2D eigenvalue weighted by atomic mass is 35.5. The number of benzene rings is 1. The Morgan fingerprint density at radius 1 is 1.37 bits per heavy atom. The molecule has 106 valence electrons. The van der Waals surface area contributed by atoms with E-state index in [0.717, 1.165) is 16.5 Å². The third-order valence-corrected chi connectivity index (χ3v) is 4.92. The summed E-state index contributed by atoms with van der Waals surface area (Å²) in [5.74, 6) is 7.14. The van der Waals surface area contributed by atoms with Gasteiger partial charge in [-0.05, 0) is 48.4 Å². The Balaban J connectivity index is 2.21. The molecular weight excluding hydrogens is 279 g/mol. The van der Waals surface area contributed by atoms with Gasteiger partial charge >= 0.3 is 0 Å². The Bertz CT molecular complexity index is 423. The fourth-order valence-electron chi connectivity index (χ4n) is 3.24. The molecule has 1 aromatic rings. The lowest BCUT2D eigenvalue weighted by atomic mass is 9.75. The average molecular weight is 301 g/mol. The molecule has 19 heavy (non-hydrogen) atoms. The van der Waals surface area contributed by atoms with Crippen LogP contribution in [-0.4, -0.2) is 0 Å². The van der Waals surface area contributed by atoms with E-state index in [-0.39, 0.29) is 6.04 Å². The summed E-state index contributed by atoms with van der Waals surface area (Å²) >= 11 is 12.4. The Hall–Kier alpha value is -0.280. The van der Waals surface area contributed by atoms with Crippen LogP contribution in [0.1, 0.15) is 50.6 Å². The number of hydrazine groups is 1. The highest BCUT2D eigenvalue weighted by Crippen LogP contribution is 2.40. The molecule has 2 rings (SSSR count). The summed E-state index contributed by atoms with van der Waals surface area (Å²) in [5.41, 5.74) is 3.98. The average Bonchev–Trinajstić information content (AvgIpc) is 2.44. The number of nitrogens with one attached hydrogen (secondary N) is 1. The number of hydrogen-bond acceptors (Lipinski definition) is 2. The molecular formula is C15H22Cl2N2. The quantitative estimate of drug-likeness (QED) is 0.624. The minimum Gasteiger partial charge on any atom is -0.271 e. The predicted octanol–water partition coefficient (Wildman–Crippen LogP) is 4.71. The Kier molecular flexibility index (Phi) is 5.52. The van der Waals surface area contributed by atoms with Gasteiger partial charge in [0.25, 0.3) is 0 Å². The lowest BCUT2D eigenvalue weighted by molar-refractivity contribution is 0.210. The van der Waals surface area contributed by atoms with Crippen molar-refractivity contribution in [2.75, 3.05) is 0 Å². The van der Waals surface area contributed by atoms with Gasteiger partial charge in [0.15, 0.2) is 0 Å². The topological polar surface area (TPSA) is 38.0 Å². The maximum Gasteiger partial charge on any atom is 0.0503 e. The van der Waals surface area contributed by atoms with Crippen molar-refractivity contribution >= 4 is 23.2 Å². The van der Waals surface area contributed by atoms with Gasteiger partial charge in [-0.1, -0.05) is 49.4 Å². The summed E-state index contributed by atoms with van der Waals surface area (Å²) in [6.45, 7) is 2.27. The smallest absolute Gasteiger partial charge is 0.0503 e. The minimum absolute atomic E-state index is 0.0977. The second-order valence-electron chi connectivity index (χ2n) is 5.51. The normalized spacial score (nSPS) is 25.3. The van der Waals surface area contributed by atoms with E-state index in [1.807, 2.05) is 18.2 Å². The summed E-state index contributed by atoms with van der Waals surface area (Å²) < 4.78 is 0. The Labute approximate surface area is 125 Å². The molecule has 0 saturated heterocycles. The highest BCUT2D eigenvalue weighted by Gasteiger charge is 2.29. The number of halogens is 2. The van der Waals surface area contributed by atoms with Crippen molar-refractivity contribution in [3.8, 4) is 0 Å². The van der Waals surface area contributed by atoms with E-state index in [1.165, 1.54) is 32.1 Å². The molecule has 0 aromatic heterocycles. The third kappa shape index (κ3) is 3.63. The molecule has 1 saturated carbocycles. The second-order valence-corrected chi connectivity index (χ2v) is 6.35. The first kappa shape index (κ1) is 15.1. The van der Waals surface area contributed by atoms with E-state index >= 15 is 0 Å². The molecule has 0 heterocycles. The van der Waals surface area contributed by atoms with E-state index in [9.17, 15) is 0 Å². The Morgan fingerprint density at radius 2 is 2.16 bits per heavy atom. The van der Waals surface area contributed by atoms with Gasteiger partial charge in [-0.2, -0.15) is 0 Å². The summed E-state index contributed by atoms with van der Waals surface area (Å²) in [5, 5.41) is 1.45. The fraction of sp³-hybridized carbons (Fsp3) is 0.600. The standard InChI is InChI=1S/C15H22Cl2N2/c1-2-10-4-3-5-11(8-10)15(19-18)13-9-12(16)6-7-14(13)17/h6-7,9-11,15,19H,2-5,8,18H2,1H3. The van der Waals surface area contributed by atoms with Gasteiger partial charge in [0.05, 0.1) is 6.04 Å². The summed E-state index contributed by atoms with van der Waals surface area (Å²) in [6, 6.07) is 5.70. The molecule has 0 amide bonds. The summed E-state index contributed by atoms with van der Waals surface area (Å²) in [4.78, 5) is 0. The third-order valence-electron chi connectivity index (χ3n) is 4.34. The van der Waals surface area contributed by atoms with Crippen LogP contribution in [0, 0.1) is 11.8 Å². The zero-order chi connectivity index (χ0) is 13.8. The molecule has 1 fully saturated rings. The largest absolute Gasteiger partial charge is 0.271 e. The van der Waals surface area contributed by atoms with Crippen molar-refractivity contribution in [3.05, 3.63) is 33.8 Å². The van der Waals surface area contributed by atoms with Crippen LogP contribution in [0.2, 0.25) is 10.0 Å². The summed E-state index contributed by atoms with van der Waals surface area (Å²) in [7, 11) is 0. The van der Waals surface area contributed by atoms with Crippen molar-refractivity contribution in [2.45, 2.75) is 45.1 Å². The molecule has 1 aliphatic rings. The maximum atomic E-state index is 6.31. The van der Waals surface area contributed by atoms with E-state index in [4.69, 9.17) is 29.0 Å². The van der Waals surface area contributed by atoms with Crippen LogP contribution in [0.15, 0.2) is 18.2 Å². The number of hydrogen-bond donors (Lipinski definition) is 2. The van der Waals surface area contributed by atoms with Crippen LogP contribution in [0.25, 0.3) is 0 Å². The molecule has 0 aliphatic heterocycles. The molecule has 4 heteroatoms. The van der Waals surface area contributed by atoms with Crippen LogP contribution in [0.4, 0.5) is 0 Å². The van der Waals surface area contributed by atoms with Crippen molar-refractivity contribution < 1.29 is 0 Å². The van der Waals surface area contributed by atoms with Gasteiger partial charge in [-0.15, -0.1) is 0 Å². The molecule has 3 unspecified atom stereocenters. The lowest BCUT2D eigenvalue weighted by Crippen LogP contribution is -2.36. The Morgan fingerprint density at radius 3 is 2.84 bits per heavy atom. The number of rotatable bonds is 4. The minimum atomic E-state index is 0.0977. The SMILES string of the molecule is CCC1CCCC(C(NN)c2cc(Cl)ccc2Cl)C1. The van der Waals surface area contributed by atoms with E-state index in [0.29, 0.717) is 10.9 Å². The first-order valence-electron chi connectivity index (χ1n) is 7.06. The zero-order valence-corrected chi connectivity index (χ0v) is 12.8. The lowest BCUT2D eigenvalue weighted by Gasteiger charge is -2.34. The predicted molar refractivity (Wildman–Crippen MR) is 82.3 cm³/mol. The molecule has 1 aliphatic carbocycles. The van der Waals surface area contributed by atoms with Crippen molar-refractivity contribution in [2.24, 2.45) is 17.7 Å². The first-order valence-corrected chi connectivity index (χ1v) is 7.82. The molecule has 1 aromatic carbocycles. The van der Waals surface area contributed by atoms with Crippen molar-refractivity contribution in [1.29, 1.82) is 0 Å². The van der Waals surface area contributed by atoms with Gasteiger partial charge in [0.2, 0.25) is 0 Å². The molecule has 2 nitrogen and oxygen atoms in total. The van der Waals surface area contributed by atoms with E-state index < -0.39 is 0 Å². The number of nitrogens with two attached hydrogens (primary N) is 1. The van der Waals surface area contributed by atoms with Gasteiger partial charge in [-0.25, -0.2) is 0 Å². The van der Waals surface area contributed by atoms with Crippen molar-refractivity contribution in [3.63, 3.8) is 0 Å². The summed E-state index contributed by atoms with van der Waals surface area (Å²) in [6.07, 6.45) is 6.28. The monoisotopic (exact) mass is 300 g/mol. The fourth-order valence-corrected chi connectivity index (χ4v) is 3.65. The first-order chi connectivity index (χ1) is 9.15. The van der Waals surface area contributed by atoms with Crippen LogP contribution in [0.5, 0.6) is 0 Å². The van der Waals surface area contributed by atoms with Crippen LogP contribution < -0.4 is 11.3 Å². The highest BCUT2D eigenvalue weighted by molar-refractivity contribution is 6.33. The van der Waals surface area contributed by atoms with Crippen LogP contribution in [0.3, 0.4) is 0 Å². The van der Waals surface area contributed by atoms with Gasteiger partial charge in [0, 0.05) is 10.0 Å². The van der Waals surface area contributed by atoms with E-state index in [2.05, 4.69) is 12.3 Å². The molecule has 3 atom stereocenters. The van der Waals surface area contributed by atoms with E-state index in [1.54, 1.807) is 0 Å². The van der Waals surface area contributed by atoms with Gasteiger partial charge < -0.3 is 0 Å². The van der Waals surface area contributed by atoms with Gasteiger partial charge in [0.1, 0.15) is 0 Å². The zero-order valence-electron chi connectivity index (χ0n) is 11.3. The second kappa shape index (κ2) is 6.94. The molecule has 3 N–H and O–H groups in total. The molecule has 0 bridgehead atoms. The molecule has 0 radical (unpaired) electrons. The van der Waals surface area contributed by atoms with Gasteiger partial charge in [-0.3, -0.25) is 11.3 Å². The van der Waals surface area contributed by atoms with Crippen LogP contribution in [-0.2, 0) is 0 Å². The maximum absolute atomic E-state index is 6.31. The van der Waals surface area contributed by atoms with Crippen molar-refractivity contribution in [1.82, 2.24) is 5.43 Å². The molecule has 0 spiro atoms.